The lowest BCUT2D eigenvalue weighted by Gasteiger charge is -2.08. The van der Waals surface area contributed by atoms with Crippen LogP contribution in [0.1, 0.15) is 6.42 Å². The molecule has 0 fully saturated rings. The molecule has 128 valence electrons. The van der Waals surface area contributed by atoms with E-state index in [1.807, 2.05) is 18.3 Å². The largest absolute Gasteiger partial charge is 0.347 e. The van der Waals surface area contributed by atoms with Gasteiger partial charge in [-0.25, -0.2) is 13.1 Å². The van der Waals surface area contributed by atoms with E-state index in [1.54, 1.807) is 18.2 Å². The highest BCUT2D eigenvalue weighted by atomic mass is 32.2. The fourth-order valence-electron chi connectivity index (χ4n) is 2.87. The number of para-hydroxylation sites is 1. The van der Waals surface area contributed by atoms with Gasteiger partial charge in [0.15, 0.2) is 0 Å². The van der Waals surface area contributed by atoms with Crippen LogP contribution in [-0.4, -0.2) is 28.3 Å². The molecule has 0 aliphatic carbocycles. The van der Waals surface area contributed by atoms with Crippen molar-refractivity contribution in [3.8, 4) is 0 Å². The number of hydrogen-bond acceptors (Lipinski definition) is 5. The van der Waals surface area contributed by atoms with E-state index in [4.69, 9.17) is 0 Å². The molecule has 0 saturated carbocycles. The number of nitrogens with zero attached hydrogens (tertiary/aromatic N) is 3. The smallest absolute Gasteiger partial charge is 0.242 e. The van der Waals surface area contributed by atoms with E-state index in [0.29, 0.717) is 24.0 Å². The molecule has 0 bridgehead atoms. The van der Waals surface area contributed by atoms with Crippen molar-refractivity contribution in [3.63, 3.8) is 0 Å². The first kappa shape index (κ1) is 16.2. The Morgan fingerprint density at radius 1 is 1.04 bits per heavy atom. The minimum absolute atomic E-state index is 0.185. The maximum Gasteiger partial charge on any atom is 0.242 e. The van der Waals surface area contributed by atoms with Gasteiger partial charge in [0.2, 0.25) is 10.0 Å². The highest BCUT2D eigenvalue weighted by Crippen LogP contribution is 2.21. The van der Waals surface area contributed by atoms with Crippen LogP contribution in [0.3, 0.4) is 0 Å². The van der Waals surface area contributed by atoms with E-state index < -0.39 is 10.0 Å². The number of nitrogens with one attached hydrogen (secondary N) is 1. The van der Waals surface area contributed by atoms with Crippen LogP contribution in [0.4, 0.5) is 0 Å². The number of sulfonamides is 1. The van der Waals surface area contributed by atoms with Gasteiger partial charge in [0.1, 0.15) is 15.9 Å². The molecule has 0 spiro atoms. The SMILES string of the molecule is O=S(=O)(NCCCn1ccc2ccccc21)c1cccc2nsnc12. The van der Waals surface area contributed by atoms with Gasteiger partial charge in [0.05, 0.1) is 11.7 Å². The molecule has 6 nitrogen and oxygen atoms in total. The molecule has 2 aromatic carbocycles. The van der Waals surface area contributed by atoms with E-state index in [0.717, 1.165) is 23.8 Å². The first-order valence-electron chi connectivity index (χ1n) is 7.90. The summed E-state index contributed by atoms with van der Waals surface area (Å²) >= 11 is 1.02. The molecule has 0 atom stereocenters. The number of aromatic nitrogens is 3. The molecule has 0 amide bonds. The average molecular weight is 372 g/mol. The second-order valence-electron chi connectivity index (χ2n) is 5.71. The summed E-state index contributed by atoms with van der Waals surface area (Å²) in [5.74, 6) is 0. The molecule has 2 aromatic heterocycles. The zero-order valence-corrected chi connectivity index (χ0v) is 14.9. The molecule has 4 aromatic rings. The molecule has 0 aliphatic heterocycles. The van der Waals surface area contributed by atoms with Crippen molar-refractivity contribution in [1.29, 1.82) is 0 Å². The molecule has 1 N–H and O–H groups in total. The molecular formula is C17H16N4O2S2. The summed E-state index contributed by atoms with van der Waals surface area (Å²) in [6.45, 7) is 1.11. The Labute approximate surface area is 149 Å². The molecule has 25 heavy (non-hydrogen) atoms. The lowest BCUT2D eigenvalue weighted by molar-refractivity contribution is 0.573. The maximum absolute atomic E-state index is 12.5. The molecule has 0 aliphatic rings. The summed E-state index contributed by atoms with van der Waals surface area (Å²) in [6, 6.07) is 15.2. The summed E-state index contributed by atoms with van der Waals surface area (Å²) in [5.41, 5.74) is 2.19. The fraction of sp³-hybridized carbons (Fsp3) is 0.176. The molecule has 4 rings (SSSR count). The topological polar surface area (TPSA) is 76.9 Å². The quantitative estimate of drug-likeness (QED) is 0.528. The van der Waals surface area contributed by atoms with Gasteiger partial charge in [0, 0.05) is 24.8 Å². The Bertz CT molecular complexity index is 1130. The van der Waals surface area contributed by atoms with Crippen LogP contribution in [-0.2, 0) is 16.6 Å². The summed E-state index contributed by atoms with van der Waals surface area (Å²) < 4.78 is 38.1. The van der Waals surface area contributed by atoms with Crippen molar-refractivity contribution in [2.45, 2.75) is 17.9 Å². The molecule has 0 radical (unpaired) electrons. The van der Waals surface area contributed by atoms with Crippen LogP contribution in [0.2, 0.25) is 0 Å². The molecule has 0 saturated heterocycles. The number of rotatable bonds is 6. The summed E-state index contributed by atoms with van der Waals surface area (Å²) in [5, 5.41) is 1.19. The highest BCUT2D eigenvalue weighted by molar-refractivity contribution is 7.89. The Morgan fingerprint density at radius 2 is 1.92 bits per heavy atom. The third kappa shape index (κ3) is 3.15. The van der Waals surface area contributed by atoms with Gasteiger partial charge >= 0.3 is 0 Å². The lowest BCUT2D eigenvalue weighted by atomic mass is 10.2. The summed E-state index contributed by atoms with van der Waals surface area (Å²) in [4.78, 5) is 0.185. The Balaban J connectivity index is 1.43. The van der Waals surface area contributed by atoms with Crippen molar-refractivity contribution < 1.29 is 8.42 Å². The second kappa shape index (κ2) is 6.55. The van der Waals surface area contributed by atoms with Crippen molar-refractivity contribution in [3.05, 3.63) is 54.7 Å². The number of hydrogen-bond donors (Lipinski definition) is 1. The summed E-state index contributed by atoms with van der Waals surface area (Å²) in [7, 11) is -3.60. The van der Waals surface area contributed by atoms with Crippen LogP contribution in [0, 0.1) is 0 Å². The molecule has 0 unspecified atom stereocenters. The fourth-order valence-corrected chi connectivity index (χ4v) is 4.71. The van der Waals surface area contributed by atoms with Gasteiger partial charge in [-0.05, 0) is 36.1 Å². The van der Waals surface area contributed by atoms with Crippen LogP contribution < -0.4 is 4.72 Å². The Kier molecular flexibility index (Phi) is 4.24. The lowest BCUT2D eigenvalue weighted by Crippen LogP contribution is -2.25. The molecule has 8 heteroatoms. The van der Waals surface area contributed by atoms with Crippen LogP contribution in [0.5, 0.6) is 0 Å². The van der Waals surface area contributed by atoms with E-state index in [1.165, 1.54) is 5.39 Å². The normalized spacial score (nSPS) is 12.2. The third-order valence-corrected chi connectivity index (χ3v) is 6.12. The zero-order chi connectivity index (χ0) is 17.3. The first-order chi connectivity index (χ1) is 12.1. The number of aryl methyl sites for hydroxylation is 1. The first-order valence-corrected chi connectivity index (χ1v) is 10.1. The van der Waals surface area contributed by atoms with E-state index in [2.05, 4.69) is 36.2 Å². The van der Waals surface area contributed by atoms with Gasteiger partial charge in [0.25, 0.3) is 0 Å². The predicted molar refractivity (Wildman–Crippen MR) is 99.2 cm³/mol. The van der Waals surface area contributed by atoms with Crippen molar-refractivity contribution in [2.24, 2.45) is 0 Å². The van der Waals surface area contributed by atoms with Gasteiger partial charge in [-0.3, -0.25) is 0 Å². The van der Waals surface area contributed by atoms with Gasteiger partial charge in [-0.1, -0.05) is 24.3 Å². The van der Waals surface area contributed by atoms with Crippen molar-refractivity contribution in [2.75, 3.05) is 6.54 Å². The average Bonchev–Trinajstić information content (AvgIpc) is 3.25. The second-order valence-corrected chi connectivity index (χ2v) is 7.97. The monoisotopic (exact) mass is 372 g/mol. The van der Waals surface area contributed by atoms with Crippen LogP contribution in [0.25, 0.3) is 21.9 Å². The zero-order valence-electron chi connectivity index (χ0n) is 13.3. The molecular weight excluding hydrogens is 356 g/mol. The third-order valence-electron chi connectivity index (χ3n) is 4.09. The maximum atomic E-state index is 12.5. The molecule has 2 heterocycles. The highest BCUT2D eigenvalue weighted by Gasteiger charge is 2.18. The van der Waals surface area contributed by atoms with Gasteiger partial charge in [-0.15, -0.1) is 0 Å². The summed E-state index contributed by atoms with van der Waals surface area (Å²) in [6.07, 6.45) is 2.73. The minimum atomic E-state index is -3.60. The van der Waals surface area contributed by atoms with Crippen molar-refractivity contribution in [1.82, 2.24) is 18.0 Å². The van der Waals surface area contributed by atoms with Crippen LogP contribution in [0.15, 0.2) is 59.6 Å². The number of fused-ring (bicyclic) bond motifs is 2. The van der Waals surface area contributed by atoms with Crippen molar-refractivity contribution >= 4 is 43.7 Å². The number of benzene rings is 2. The minimum Gasteiger partial charge on any atom is -0.347 e. The van der Waals surface area contributed by atoms with E-state index >= 15 is 0 Å². The standard InChI is InChI=1S/C17H16N4O2S2/c22-25(23,16-8-3-6-14-17(16)20-24-19-14)18-10-4-11-21-12-9-13-5-1-2-7-15(13)21/h1-3,5-9,12,18H,4,10-11H2. The van der Waals surface area contributed by atoms with Gasteiger partial charge < -0.3 is 4.57 Å². The Hall–Kier alpha value is -2.29. The Morgan fingerprint density at radius 3 is 2.84 bits per heavy atom. The van der Waals surface area contributed by atoms with E-state index in [-0.39, 0.29) is 4.90 Å². The predicted octanol–water partition coefficient (Wildman–Crippen LogP) is 3.01. The van der Waals surface area contributed by atoms with Gasteiger partial charge in [-0.2, -0.15) is 8.75 Å². The van der Waals surface area contributed by atoms with Crippen LogP contribution >= 0.6 is 11.7 Å². The van der Waals surface area contributed by atoms with E-state index in [9.17, 15) is 8.42 Å².